The zero-order valence-corrected chi connectivity index (χ0v) is 12.3. The summed E-state index contributed by atoms with van der Waals surface area (Å²) in [5.41, 5.74) is 3.61. The monoisotopic (exact) mass is 305 g/mol. The van der Waals surface area contributed by atoms with Gasteiger partial charge in [-0.1, -0.05) is 23.7 Å². The van der Waals surface area contributed by atoms with Crippen LogP contribution in [0.3, 0.4) is 0 Å². The number of H-pyrrole nitrogens is 1. The molecular weight excluding hydrogens is 294 g/mol. The fraction of sp³-hybridized carbons (Fsp3) is 0.143. The van der Waals surface area contributed by atoms with Crippen LogP contribution in [0.2, 0.25) is 5.02 Å². The van der Waals surface area contributed by atoms with Gasteiger partial charge in [-0.2, -0.15) is 0 Å². The number of aromatic amines is 1. The van der Waals surface area contributed by atoms with Gasteiger partial charge in [0.1, 0.15) is 0 Å². The molecule has 0 saturated carbocycles. The van der Waals surface area contributed by atoms with Crippen LogP contribution in [0, 0.1) is 4.77 Å². The standard InChI is InChI=1S/C14H12ClN3OS/c1-19-8-9-3-2-4-11(5-9)18-13-12(17-14(18)20)6-10(15)7-16-13/h2-7H,8H2,1H3,(H,17,20). The van der Waals surface area contributed by atoms with Crippen molar-refractivity contribution >= 4 is 35.0 Å². The number of ether oxygens (including phenoxy) is 1. The molecule has 102 valence electrons. The molecule has 1 N–H and O–H groups in total. The fourth-order valence-electron chi connectivity index (χ4n) is 2.16. The summed E-state index contributed by atoms with van der Waals surface area (Å²) in [5, 5.41) is 0.578. The number of nitrogens with one attached hydrogen (secondary N) is 1. The fourth-order valence-corrected chi connectivity index (χ4v) is 2.62. The number of methoxy groups -OCH3 is 1. The molecule has 4 nitrogen and oxygen atoms in total. The van der Waals surface area contributed by atoms with Crippen LogP contribution in [0.5, 0.6) is 0 Å². The zero-order valence-electron chi connectivity index (χ0n) is 10.8. The first-order chi connectivity index (χ1) is 9.69. The summed E-state index contributed by atoms with van der Waals surface area (Å²) in [4.78, 5) is 7.47. The van der Waals surface area contributed by atoms with Crippen molar-refractivity contribution in [3.63, 3.8) is 0 Å². The van der Waals surface area contributed by atoms with E-state index in [2.05, 4.69) is 9.97 Å². The van der Waals surface area contributed by atoms with Gasteiger partial charge in [0.15, 0.2) is 10.4 Å². The molecule has 2 heterocycles. The Morgan fingerprint density at radius 1 is 1.40 bits per heavy atom. The van der Waals surface area contributed by atoms with E-state index in [9.17, 15) is 0 Å². The predicted octanol–water partition coefficient (Wildman–Crippen LogP) is 3.88. The number of nitrogens with zero attached hydrogens (tertiary/aromatic N) is 2. The molecule has 0 unspecified atom stereocenters. The Labute approximate surface area is 126 Å². The van der Waals surface area contributed by atoms with Gasteiger partial charge >= 0.3 is 0 Å². The summed E-state index contributed by atoms with van der Waals surface area (Å²) in [6.07, 6.45) is 1.61. The zero-order chi connectivity index (χ0) is 14.1. The Morgan fingerprint density at radius 3 is 3.05 bits per heavy atom. The number of benzene rings is 1. The maximum atomic E-state index is 5.95. The van der Waals surface area contributed by atoms with Crippen LogP contribution < -0.4 is 0 Å². The van der Waals surface area contributed by atoms with Gasteiger partial charge in [-0.15, -0.1) is 0 Å². The second-order valence-corrected chi connectivity index (χ2v) is 5.22. The number of pyridine rings is 1. The van der Waals surface area contributed by atoms with Crippen molar-refractivity contribution in [2.24, 2.45) is 0 Å². The summed E-state index contributed by atoms with van der Waals surface area (Å²) in [5.74, 6) is 0. The van der Waals surface area contributed by atoms with Gasteiger partial charge in [-0.05, 0) is 36.0 Å². The van der Waals surface area contributed by atoms with Gasteiger partial charge in [0.25, 0.3) is 0 Å². The first-order valence-electron chi connectivity index (χ1n) is 6.03. The van der Waals surface area contributed by atoms with Crippen molar-refractivity contribution in [1.82, 2.24) is 14.5 Å². The van der Waals surface area contributed by atoms with Crippen LogP contribution in [-0.2, 0) is 11.3 Å². The molecule has 0 atom stereocenters. The molecule has 3 rings (SSSR count). The molecule has 0 spiro atoms. The molecule has 3 aromatic rings. The van der Waals surface area contributed by atoms with Gasteiger partial charge in [-0.25, -0.2) is 4.98 Å². The normalized spacial score (nSPS) is 11.1. The lowest BCUT2D eigenvalue weighted by Gasteiger charge is -2.06. The highest BCUT2D eigenvalue weighted by molar-refractivity contribution is 7.71. The number of halogens is 1. The highest BCUT2D eigenvalue weighted by atomic mass is 35.5. The van der Waals surface area contributed by atoms with E-state index in [1.165, 1.54) is 0 Å². The van der Waals surface area contributed by atoms with Gasteiger partial charge in [0.2, 0.25) is 0 Å². The summed E-state index contributed by atoms with van der Waals surface area (Å²) in [6, 6.07) is 9.81. The third kappa shape index (κ3) is 2.35. The minimum atomic E-state index is 0.558. The molecule has 20 heavy (non-hydrogen) atoms. The Kier molecular flexibility index (Phi) is 3.56. The largest absolute Gasteiger partial charge is 0.380 e. The van der Waals surface area contributed by atoms with Crippen molar-refractivity contribution in [1.29, 1.82) is 0 Å². The predicted molar refractivity (Wildman–Crippen MR) is 82.0 cm³/mol. The van der Waals surface area contributed by atoms with E-state index in [1.54, 1.807) is 13.3 Å². The summed E-state index contributed by atoms with van der Waals surface area (Å²) in [7, 11) is 1.67. The van der Waals surface area contributed by atoms with E-state index in [4.69, 9.17) is 28.6 Å². The average molecular weight is 306 g/mol. The van der Waals surface area contributed by atoms with Crippen LogP contribution in [0.4, 0.5) is 0 Å². The smallest absolute Gasteiger partial charge is 0.183 e. The van der Waals surface area contributed by atoms with E-state index < -0.39 is 0 Å². The third-order valence-corrected chi connectivity index (χ3v) is 3.46. The number of fused-ring (bicyclic) bond motifs is 1. The second kappa shape index (κ2) is 5.36. The maximum absolute atomic E-state index is 5.95. The molecule has 1 aromatic carbocycles. The van der Waals surface area contributed by atoms with E-state index in [-0.39, 0.29) is 0 Å². The van der Waals surface area contributed by atoms with Gasteiger partial charge in [0.05, 0.1) is 22.8 Å². The molecule has 0 aliphatic heterocycles. The lowest BCUT2D eigenvalue weighted by Crippen LogP contribution is -1.97. The summed E-state index contributed by atoms with van der Waals surface area (Å²) < 4.78 is 7.63. The van der Waals surface area contributed by atoms with Crippen molar-refractivity contribution < 1.29 is 4.74 Å². The molecule has 6 heteroatoms. The van der Waals surface area contributed by atoms with Gasteiger partial charge in [0, 0.05) is 13.3 Å². The first-order valence-corrected chi connectivity index (χ1v) is 6.82. The minimum absolute atomic E-state index is 0.558. The van der Waals surface area contributed by atoms with Crippen molar-refractivity contribution in [2.75, 3.05) is 7.11 Å². The Bertz CT molecular complexity index is 825. The number of hydrogen-bond acceptors (Lipinski definition) is 3. The Morgan fingerprint density at radius 2 is 2.25 bits per heavy atom. The Hall–Kier alpha value is -1.69. The molecule has 0 fully saturated rings. The average Bonchev–Trinajstić information content (AvgIpc) is 2.74. The molecule has 0 aliphatic carbocycles. The van der Waals surface area contributed by atoms with Crippen molar-refractivity contribution in [3.8, 4) is 5.69 Å². The SMILES string of the molecule is COCc1cccc(-n2c(=S)[nH]c3cc(Cl)cnc32)c1. The lowest BCUT2D eigenvalue weighted by molar-refractivity contribution is 0.185. The van der Waals surface area contributed by atoms with E-state index >= 15 is 0 Å². The lowest BCUT2D eigenvalue weighted by atomic mass is 10.2. The number of aromatic nitrogens is 3. The van der Waals surface area contributed by atoms with Crippen LogP contribution in [0.15, 0.2) is 36.5 Å². The van der Waals surface area contributed by atoms with Crippen LogP contribution in [0.1, 0.15) is 5.56 Å². The van der Waals surface area contributed by atoms with E-state index in [1.807, 2.05) is 34.9 Å². The number of imidazole rings is 1. The molecule has 0 amide bonds. The minimum Gasteiger partial charge on any atom is -0.380 e. The second-order valence-electron chi connectivity index (χ2n) is 4.39. The molecule has 0 aliphatic rings. The molecule has 0 saturated heterocycles. The molecule has 0 bridgehead atoms. The van der Waals surface area contributed by atoms with Crippen molar-refractivity contribution in [3.05, 3.63) is 51.9 Å². The number of hydrogen-bond donors (Lipinski definition) is 1. The van der Waals surface area contributed by atoms with E-state index in [0.29, 0.717) is 16.4 Å². The quantitative estimate of drug-likeness (QED) is 0.747. The van der Waals surface area contributed by atoms with Crippen LogP contribution in [0.25, 0.3) is 16.9 Å². The molecule has 0 radical (unpaired) electrons. The first kappa shape index (κ1) is 13.3. The van der Waals surface area contributed by atoms with Gasteiger partial charge in [-0.3, -0.25) is 4.57 Å². The Balaban J connectivity index is 2.21. The highest BCUT2D eigenvalue weighted by Crippen LogP contribution is 2.21. The van der Waals surface area contributed by atoms with Crippen LogP contribution in [-0.4, -0.2) is 21.6 Å². The third-order valence-electron chi connectivity index (χ3n) is 2.97. The maximum Gasteiger partial charge on any atom is 0.183 e. The summed E-state index contributed by atoms with van der Waals surface area (Å²) in [6.45, 7) is 0.558. The van der Waals surface area contributed by atoms with E-state index in [0.717, 1.165) is 22.4 Å². The summed E-state index contributed by atoms with van der Waals surface area (Å²) >= 11 is 11.3. The van der Waals surface area contributed by atoms with Gasteiger partial charge < -0.3 is 9.72 Å². The van der Waals surface area contributed by atoms with Crippen molar-refractivity contribution in [2.45, 2.75) is 6.61 Å². The number of rotatable bonds is 3. The molecular formula is C14H12ClN3OS. The van der Waals surface area contributed by atoms with Crippen LogP contribution >= 0.6 is 23.8 Å². The molecule has 2 aromatic heterocycles. The highest BCUT2D eigenvalue weighted by Gasteiger charge is 2.08. The topological polar surface area (TPSA) is 42.8 Å².